The smallest absolute Gasteiger partial charge is 0.0671 e. The lowest BCUT2D eigenvalue weighted by atomic mass is 9.76. The normalized spacial score (nSPS) is 30.7. The molecule has 1 aromatic carbocycles. The molecule has 0 bridgehead atoms. The van der Waals surface area contributed by atoms with Crippen LogP contribution in [0.4, 0.5) is 0 Å². The van der Waals surface area contributed by atoms with E-state index in [0.29, 0.717) is 6.10 Å². The molecule has 1 aliphatic heterocycles. The van der Waals surface area contributed by atoms with Crippen LogP contribution in [0.5, 0.6) is 0 Å². The largest absolute Gasteiger partial charge is 0.377 e. The van der Waals surface area contributed by atoms with Gasteiger partial charge in [0.05, 0.1) is 6.10 Å². The van der Waals surface area contributed by atoms with Crippen molar-refractivity contribution in [3.63, 3.8) is 0 Å². The highest BCUT2D eigenvalue weighted by Gasteiger charge is 2.49. The molecule has 2 heteroatoms. The predicted octanol–water partition coefficient (Wildman–Crippen LogP) is 4.43. The molecule has 104 valence electrons. The summed E-state index contributed by atoms with van der Waals surface area (Å²) in [6, 6.07) is 10.8. The quantitative estimate of drug-likeness (QED) is 0.700. The molecule has 2 aliphatic rings. The number of halogens is 1. The van der Waals surface area contributed by atoms with Crippen LogP contribution in [0.3, 0.4) is 0 Å². The third kappa shape index (κ3) is 2.98. The Labute approximate surface area is 121 Å². The van der Waals surface area contributed by atoms with Crippen molar-refractivity contribution >= 4 is 11.6 Å². The van der Waals surface area contributed by atoms with Gasteiger partial charge in [0.15, 0.2) is 0 Å². The van der Waals surface area contributed by atoms with Gasteiger partial charge in [-0.05, 0) is 50.0 Å². The molecule has 1 nitrogen and oxygen atoms in total. The topological polar surface area (TPSA) is 9.23 Å². The molecule has 2 atom stereocenters. The molecule has 1 aliphatic carbocycles. The fourth-order valence-corrected chi connectivity index (χ4v) is 3.93. The summed E-state index contributed by atoms with van der Waals surface area (Å²) in [4.78, 5) is 0. The molecule has 1 aromatic rings. The maximum absolute atomic E-state index is 6.33. The van der Waals surface area contributed by atoms with E-state index in [1.165, 1.54) is 31.2 Å². The molecule has 0 N–H and O–H groups in total. The van der Waals surface area contributed by atoms with Gasteiger partial charge in [-0.15, -0.1) is 11.6 Å². The minimum atomic E-state index is 0.261. The molecule has 3 rings (SSSR count). The van der Waals surface area contributed by atoms with Gasteiger partial charge in [0.1, 0.15) is 0 Å². The average Bonchev–Trinajstić information content (AvgIpc) is 3.21. The van der Waals surface area contributed by atoms with E-state index in [4.69, 9.17) is 16.3 Å². The second-order valence-corrected chi connectivity index (χ2v) is 6.48. The molecule has 0 aromatic heterocycles. The highest BCUT2D eigenvalue weighted by atomic mass is 35.5. The fraction of sp³-hybridized carbons (Fsp3) is 0.647. The van der Waals surface area contributed by atoms with Gasteiger partial charge in [-0.2, -0.15) is 0 Å². The minimum Gasteiger partial charge on any atom is -0.377 e. The zero-order valence-electron chi connectivity index (χ0n) is 11.5. The molecule has 1 saturated carbocycles. The Morgan fingerprint density at radius 2 is 2.00 bits per heavy atom. The van der Waals surface area contributed by atoms with Crippen molar-refractivity contribution in [1.82, 2.24) is 0 Å². The second kappa shape index (κ2) is 5.85. The summed E-state index contributed by atoms with van der Waals surface area (Å²) in [6.45, 7) is 0.916. The monoisotopic (exact) mass is 278 g/mol. The van der Waals surface area contributed by atoms with Crippen molar-refractivity contribution in [3.8, 4) is 0 Å². The third-order valence-corrected chi connectivity index (χ3v) is 5.33. The third-order valence-electron chi connectivity index (χ3n) is 4.80. The van der Waals surface area contributed by atoms with Crippen molar-refractivity contribution < 1.29 is 4.74 Å². The number of hydrogen-bond donors (Lipinski definition) is 0. The van der Waals surface area contributed by atoms with Gasteiger partial charge in [-0.25, -0.2) is 0 Å². The highest BCUT2D eigenvalue weighted by molar-refractivity contribution is 6.18. The number of rotatable bonds is 6. The van der Waals surface area contributed by atoms with Crippen LogP contribution in [0.25, 0.3) is 0 Å². The zero-order valence-corrected chi connectivity index (χ0v) is 12.2. The molecule has 1 heterocycles. The molecule has 19 heavy (non-hydrogen) atoms. The second-order valence-electron chi connectivity index (χ2n) is 6.21. The fourth-order valence-electron chi connectivity index (χ4n) is 3.51. The van der Waals surface area contributed by atoms with Crippen LogP contribution < -0.4 is 0 Å². The van der Waals surface area contributed by atoms with Gasteiger partial charge in [-0.1, -0.05) is 30.3 Å². The summed E-state index contributed by atoms with van der Waals surface area (Å²) >= 11 is 6.33. The van der Waals surface area contributed by atoms with Crippen LogP contribution in [-0.4, -0.2) is 18.6 Å². The van der Waals surface area contributed by atoms with Crippen LogP contribution in [0.15, 0.2) is 30.3 Å². The van der Waals surface area contributed by atoms with Crippen LogP contribution >= 0.6 is 11.6 Å². The molecule has 0 amide bonds. The van der Waals surface area contributed by atoms with Crippen molar-refractivity contribution in [2.45, 2.75) is 44.6 Å². The number of ether oxygens (including phenoxy) is 1. The van der Waals surface area contributed by atoms with Crippen molar-refractivity contribution in [2.24, 2.45) is 11.3 Å². The first-order valence-electron chi connectivity index (χ1n) is 7.56. The zero-order chi connectivity index (χ0) is 13.1. The van der Waals surface area contributed by atoms with Gasteiger partial charge in [-0.3, -0.25) is 0 Å². The Kier molecular flexibility index (Phi) is 4.14. The van der Waals surface area contributed by atoms with Gasteiger partial charge in [0, 0.05) is 17.9 Å². The first kappa shape index (κ1) is 13.5. The first-order valence-corrected chi connectivity index (χ1v) is 8.09. The van der Waals surface area contributed by atoms with E-state index >= 15 is 0 Å². The van der Waals surface area contributed by atoms with E-state index < -0.39 is 0 Å². The summed E-state index contributed by atoms with van der Waals surface area (Å²) in [5, 5.41) is 0. The summed E-state index contributed by atoms with van der Waals surface area (Å²) in [6.07, 6.45) is 7.91. The van der Waals surface area contributed by atoms with Crippen molar-refractivity contribution in [2.75, 3.05) is 12.5 Å². The first-order chi connectivity index (χ1) is 9.34. The van der Waals surface area contributed by atoms with Gasteiger partial charge in [0.25, 0.3) is 0 Å². The molecule has 1 saturated heterocycles. The maximum atomic E-state index is 6.33. The van der Waals surface area contributed by atoms with Crippen molar-refractivity contribution in [1.29, 1.82) is 0 Å². The maximum Gasteiger partial charge on any atom is 0.0671 e. The Morgan fingerprint density at radius 3 is 2.68 bits per heavy atom. The van der Waals surface area contributed by atoms with E-state index in [1.807, 2.05) is 0 Å². The Balaban J connectivity index is 1.57. The lowest BCUT2D eigenvalue weighted by molar-refractivity contribution is 0.0358. The molecular formula is C17H23ClO. The summed E-state index contributed by atoms with van der Waals surface area (Å²) < 4.78 is 6.00. The van der Waals surface area contributed by atoms with Crippen LogP contribution in [-0.2, 0) is 11.2 Å². The molecule has 2 unspecified atom stereocenters. The SMILES string of the molecule is ClCC1(CCCc2ccccc2)CCOC1C1CC1. The highest BCUT2D eigenvalue weighted by Crippen LogP contribution is 2.50. The molecule has 2 fully saturated rings. The Hall–Kier alpha value is -0.530. The lowest BCUT2D eigenvalue weighted by Crippen LogP contribution is -2.34. The van der Waals surface area contributed by atoms with Gasteiger partial charge >= 0.3 is 0 Å². The lowest BCUT2D eigenvalue weighted by Gasteiger charge is -2.32. The summed E-state index contributed by atoms with van der Waals surface area (Å²) in [7, 11) is 0. The standard InChI is InChI=1S/C17H23ClO/c18-13-17(11-12-19-16(17)15-8-9-15)10-4-7-14-5-2-1-3-6-14/h1-3,5-6,15-16H,4,7-13H2. The van der Waals surface area contributed by atoms with E-state index in [9.17, 15) is 0 Å². The van der Waals surface area contributed by atoms with E-state index in [2.05, 4.69) is 30.3 Å². The average molecular weight is 279 g/mol. The van der Waals surface area contributed by atoms with Gasteiger partial charge in [0.2, 0.25) is 0 Å². The van der Waals surface area contributed by atoms with Crippen LogP contribution in [0.2, 0.25) is 0 Å². The van der Waals surface area contributed by atoms with Crippen LogP contribution in [0, 0.1) is 11.3 Å². The summed E-state index contributed by atoms with van der Waals surface area (Å²) in [5.74, 6) is 1.57. The number of hydrogen-bond acceptors (Lipinski definition) is 1. The number of aryl methyl sites for hydroxylation is 1. The molecule has 0 radical (unpaired) electrons. The minimum absolute atomic E-state index is 0.261. The predicted molar refractivity (Wildman–Crippen MR) is 79.6 cm³/mol. The number of alkyl halides is 1. The number of benzene rings is 1. The van der Waals surface area contributed by atoms with E-state index in [-0.39, 0.29) is 5.41 Å². The Morgan fingerprint density at radius 1 is 1.21 bits per heavy atom. The van der Waals surface area contributed by atoms with E-state index in [0.717, 1.165) is 31.2 Å². The van der Waals surface area contributed by atoms with Gasteiger partial charge < -0.3 is 4.74 Å². The molecule has 0 spiro atoms. The van der Waals surface area contributed by atoms with Crippen LogP contribution in [0.1, 0.15) is 37.7 Å². The molecular weight excluding hydrogens is 256 g/mol. The Bertz CT molecular complexity index is 401. The van der Waals surface area contributed by atoms with E-state index in [1.54, 1.807) is 0 Å². The summed E-state index contributed by atoms with van der Waals surface area (Å²) in [5.41, 5.74) is 1.70. The van der Waals surface area contributed by atoms with Crippen molar-refractivity contribution in [3.05, 3.63) is 35.9 Å².